The number of nitrogens with zero attached hydrogens (tertiary/aromatic N) is 1. The lowest BCUT2D eigenvalue weighted by Gasteiger charge is -2.44. The fourth-order valence-electron chi connectivity index (χ4n) is 2.47. The molecule has 1 heterocycles. The Morgan fingerprint density at radius 2 is 2.00 bits per heavy atom. The second-order valence-electron chi connectivity index (χ2n) is 4.75. The predicted octanol–water partition coefficient (Wildman–Crippen LogP) is 2.53. The molecule has 0 aromatic carbocycles. The highest BCUT2D eigenvalue weighted by atomic mass is 32.2. The minimum atomic E-state index is 0.595. The van der Waals surface area contributed by atoms with Gasteiger partial charge in [0.15, 0.2) is 0 Å². The normalized spacial score (nSPS) is 28.1. The van der Waals surface area contributed by atoms with Crippen LogP contribution in [0, 0.1) is 5.41 Å². The topological polar surface area (TPSA) is 3.24 Å². The summed E-state index contributed by atoms with van der Waals surface area (Å²) in [5.74, 6) is 3.80. The SMILES string of the molecule is SCC1(CN2CCCSCC2)CCC1. The van der Waals surface area contributed by atoms with Crippen LogP contribution in [-0.2, 0) is 0 Å². The second kappa shape index (κ2) is 5.13. The van der Waals surface area contributed by atoms with Gasteiger partial charge in [0, 0.05) is 18.8 Å². The van der Waals surface area contributed by atoms with E-state index in [1.807, 2.05) is 0 Å². The maximum absolute atomic E-state index is 4.53. The fourth-order valence-corrected chi connectivity index (χ4v) is 3.81. The van der Waals surface area contributed by atoms with Gasteiger partial charge in [0.2, 0.25) is 0 Å². The Hall–Kier alpha value is 0.660. The molecule has 0 unspecified atom stereocenters. The first-order chi connectivity index (χ1) is 6.85. The molecule has 14 heavy (non-hydrogen) atoms. The Bertz CT molecular complexity index is 167. The highest BCUT2D eigenvalue weighted by molar-refractivity contribution is 7.99. The molecule has 1 saturated carbocycles. The van der Waals surface area contributed by atoms with E-state index in [9.17, 15) is 0 Å². The molecule has 2 aliphatic rings. The summed E-state index contributed by atoms with van der Waals surface area (Å²) < 4.78 is 0. The lowest BCUT2D eigenvalue weighted by atomic mass is 9.70. The van der Waals surface area contributed by atoms with Crippen molar-refractivity contribution in [3.63, 3.8) is 0 Å². The fraction of sp³-hybridized carbons (Fsp3) is 1.00. The van der Waals surface area contributed by atoms with Crippen LogP contribution in [0.2, 0.25) is 0 Å². The molecule has 1 saturated heterocycles. The molecule has 1 aliphatic heterocycles. The van der Waals surface area contributed by atoms with Gasteiger partial charge in [-0.25, -0.2) is 0 Å². The first kappa shape index (κ1) is 11.2. The summed E-state index contributed by atoms with van der Waals surface area (Å²) in [6.07, 6.45) is 5.65. The molecule has 2 fully saturated rings. The van der Waals surface area contributed by atoms with Gasteiger partial charge in [0.1, 0.15) is 0 Å². The number of thioether (sulfide) groups is 1. The molecule has 0 N–H and O–H groups in total. The zero-order valence-corrected chi connectivity index (χ0v) is 10.6. The van der Waals surface area contributed by atoms with Crippen molar-refractivity contribution in [2.75, 3.05) is 36.9 Å². The van der Waals surface area contributed by atoms with Crippen LogP contribution in [-0.4, -0.2) is 41.8 Å². The Balaban J connectivity index is 1.82. The smallest absolute Gasteiger partial charge is 0.00726 e. The van der Waals surface area contributed by atoms with Crippen LogP contribution in [0.1, 0.15) is 25.7 Å². The molecule has 3 heteroatoms. The lowest BCUT2D eigenvalue weighted by molar-refractivity contribution is 0.0949. The van der Waals surface area contributed by atoms with Gasteiger partial charge in [-0.2, -0.15) is 24.4 Å². The third-order valence-corrected chi connectivity index (χ3v) is 5.34. The van der Waals surface area contributed by atoms with Gasteiger partial charge in [-0.3, -0.25) is 0 Å². The third-order valence-electron chi connectivity index (χ3n) is 3.62. The van der Waals surface area contributed by atoms with Gasteiger partial charge < -0.3 is 4.90 Å². The van der Waals surface area contributed by atoms with E-state index in [2.05, 4.69) is 29.3 Å². The van der Waals surface area contributed by atoms with Gasteiger partial charge in [-0.1, -0.05) is 6.42 Å². The van der Waals surface area contributed by atoms with Crippen LogP contribution in [0.5, 0.6) is 0 Å². The molecule has 0 radical (unpaired) electrons. The van der Waals surface area contributed by atoms with Crippen LogP contribution in [0.3, 0.4) is 0 Å². The zero-order valence-electron chi connectivity index (χ0n) is 8.87. The number of thiol groups is 1. The summed E-state index contributed by atoms with van der Waals surface area (Å²) in [6.45, 7) is 3.94. The summed E-state index contributed by atoms with van der Waals surface area (Å²) in [5.41, 5.74) is 0.595. The van der Waals surface area contributed by atoms with Crippen molar-refractivity contribution in [3.05, 3.63) is 0 Å². The van der Waals surface area contributed by atoms with E-state index in [4.69, 9.17) is 0 Å². The minimum absolute atomic E-state index is 0.595. The van der Waals surface area contributed by atoms with Gasteiger partial charge in [0.25, 0.3) is 0 Å². The van der Waals surface area contributed by atoms with E-state index in [0.717, 1.165) is 5.75 Å². The van der Waals surface area contributed by atoms with Gasteiger partial charge in [0.05, 0.1) is 0 Å². The van der Waals surface area contributed by atoms with Crippen molar-refractivity contribution in [3.8, 4) is 0 Å². The van der Waals surface area contributed by atoms with Gasteiger partial charge in [-0.05, 0) is 42.7 Å². The first-order valence-corrected chi connectivity index (χ1v) is 7.54. The van der Waals surface area contributed by atoms with Gasteiger partial charge >= 0.3 is 0 Å². The summed E-state index contributed by atoms with van der Waals surface area (Å²) in [5, 5.41) is 0. The van der Waals surface area contributed by atoms with Crippen LogP contribution >= 0.6 is 24.4 Å². The Labute approximate surface area is 97.4 Å². The average Bonchev–Trinajstić information content (AvgIpc) is 2.39. The summed E-state index contributed by atoms with van der Waals surface area (Å²) in [7, 11) is 0. The van der Waals surface area contributed by atoms with Crippen LogP contribution < -0.4 is 0 Å². The molecule has 2 rings (SSSR count). The molecule has 0 aromatic rings. The van der Waals surface area contributed by atoms with Crippen molar-refractivity contribution < 1.29 is 0 Å². The Morgan fingerprint density at radius 1 is 1.14 bits per heavy atom. The Kier molecular flexibility index (Phi) is 4.09. The Morgan fingerprint density at radius 3 is 2.64 bits per heavy atom. The number of rotatable bonds is 3. The molecule has 1 aliphatic carbocycles. The maximum Gasteiger partial charge on any atom is 0.00726 e. The van der Waals surface area contributed by atoms with E-state index in [0.29, 0.717) is 5.41 Å². The van der Waals surface area contributed by atoms with E-state index < -0.39 is 0 Å². The highest BCUT2D eigenvalue weighted by Crippen LogP contribution is 2.42. The summed E-state index contributed by atoms with van der Waals surface area (Å²) >= 11 is 6.65. The van der Waals surface area contributed by atoms with E-state index in [1.165, 1.54) is 56.8 Å². The molecule has 1 nitrogen and oxygen atoms in total. The monoisotopic (exact) mass is 231 g/mol. The van der Waals surface area contributed by atoms with Crippen molar-refractivity contribution >= 4 is 24.4 Å². The van der Waals surface area contributed by atoms with Crippen LogP contribution in [0.25, 0.3) is 0 Å². The molecular formula is C11H21NS2. The van der Waals surface area contributed by atoms with Crippen LogP contribution in [0.15, 0.2) is 0 Å². The quantitative estimate of drug-likeness (QED) is 0.744. The standard InChI is InChI=1S/C11H21NS2/c13-10-11(3-1-4-11)9-12-5-2-7-14-8-6-12/h13H,1-10H2. The highest BCUT2D eigenvalue weighted by Gasteiger charge is 2.37. The van der Waals surface area contributed by atoms with Crippen molar-refractivity contribution in [1.29, 1.82) is 0 Å². The minimum Gasteiger partial charge on any atom is -0.302 e. The van der Waals surface area contributed by atoms with Crippen molar-refractivity contribution in [1.82, 2.24) is 4.90 Å². The summed E-state index contributed by atoms with van der Waals surface area (Å²) in [4.78, 5) is 2.68. The van der Waals surface area contributed by atoms with Crippen molar-refractivity contribution in [2.45, 2.75) is 25.7 Å². The molecule has 0 aromatic heterocycles. The van der Waals surface area contributed by atoms with Crippen LogP contribution in [0.4, 0.5) is 0 Å². The number of hydrogen-bond acceptors (Lipinski definition) is 3. The zero-order chi connectivity index (χ0) is 9.86. The van der Waals surface area contributed by atoms with E-state index in [1.54, 1.807) is 0 Å². The number of hydrogen-bond donors (Lipinski definition) is 1. The lowest BCUT2D eigenvalue weighted by Crippen LogP contribution is -2.44. The first-order valence-electron chi connectivity index (χ1n) is 5.76. The predicted molar refractivity (Wildman–Crippen MR) is 68.5 cm³/mol. The molecule has 0 bridgehead atoms. The molecule has 82 valence electrons. The van der Waals surface area contributed by atoms with E-state index >= 15 is 0 Å². The van der Waals surface area contributed by atoms with Gasteiger partial charge in [-0.15, -0.1) is 0 Å². The molecule has 0 atom stereocenters. The summed E-state index contributed by atoms with van der Waals surface area (Å²) in [6, 6.07) is 0. The molecule has 0 amide bonds. The largest absolute Gasteiger partial charge is 0.302 e. The average molecular weight is 231 g/mol. The maximum atomic E-state index is 4.53. The van der Waals surface area contributed by atoms with E-state index in [-0.39, 0.29) is 0 Å². The van der Waals surface area contributed by atoms with Crippen molar-refractivity contribution in [2.24, 2.45) is 5.41 Å². The second-order valence-corrected chi connectivity index (χ2v) is 6.29. The third kappa shape index (κ3) is 2.61. The molecular weight excluding hydrogens is 210 g/mol. The molecule has 0 spiro atoms.